The number of nitrogens with zero attached hydrogens (tertiary/aromatic N) is 3. The van der Waals surface area contributed by atoms with Gasteiger partial charge in [0.05, 0.1) is 34.6 Å². The van der Waals surface area contributed by atoms with Gasteiger partial charge >= 0.3 is 6.18 Å². The van der Waals surface area contributed by atoms with Crippen molar-refractivity contribution < 1.29 is 22.7 Å². The molecule has 0 radical (unpaired) electrons. The lowest BCUT2D eigenvalue weighted by Crippen LogP contribution is -2.48. The molecule has 0 bridgehead atoms. The zero-order valence-corrected chi connectivity index (χ0v) is 20.0. The van der Waals surface area contributed by atoms with Crippen LogP contribution in [0, 0.1) is 11.3 Å². The van der Waals surface area contributed by atoms with Crippen LogP contribution in [0.1, 0.15) is 29.5 Å². The number of ether oxygens (including phenoxy) is 1. The maximum atomic E-state index is 13.1. The van der Waals surface area contributed by atoms with E-state index in [1.807, 2.05) is 29.6 Å². The Balaban J connectivity index is 1.83. The summed E-state index contributed by atoms with van der Waals surface area (Å²) in [5.41, 5.74) is 0.992. The van der Waals surface area contributed by atoms with E-state index in [-0.39, 0.29) is 5.82 Å². The molecule has 1 aliphatic heterocycles. The number of methoxy groups -OCH3 is 1. The van der Waals surface area contributed by atoms with Gasteiger partial charge in [0.15, 0.2) is 5.82 Å². The largest absolute Gasteiger partial charge is 0.496 e. The lowest BCUT2D eigenvalue weighted by Gasteiger charge is -2.25. The summed E-state index contributed by atoms with van der Waals surface area (Å²) in [6, 6.07) is 9.11. The topological polar surface area (TPSA) is 79.9 Å². The predicted octanol–water partition coefficient (Wildman–Crippen LogP) is 5.57. The van der Waals surface area contributed by atoms with Crippen molar-refractivity contribution in [1.82, 2.24) is 14.9 Å². The Kier molecular flexibility index (Phi) is 6.01. The summed E-state index contributed by atoms with van der Waals surface area (Å²) in [7, 11) is 1.58. The number of nitriles is 1. The van der Waals surface area contributed by atoms with E-state index >= 15 is 0 Å². The molecule has 1 N–H and O–H groups in total. The molecule has 1 aromatic carbocycles. The van der Waals surface area contributed by atoms with Crippen molar-refractivity contribution in [2.75, 3.05) is 7.11 Å². The molecule has 1 aliphatic rings. The number of halogens is 4. The first kappa shape index (κ1) is 23.3. The molecule has 0 fully saturated rings. The van der Waals surface area contributed by atoms with Gasteiger partial charge in [-0.1, -0.05) is 6.07 Å². The zero-order valence-electron chi connectivity index (χ0n) is 17.6. The highest BCUT2D eigenvalue weighted by molar-refractivity contribution is 9.10. The SMILES string of the molecule is COc1cc2c(cc1Br)-c1c(-c3cccs3)nc(C(=O)N[C@](C)(C#N)CC(F)(F)F)n1CC2. The van der Waals surface area contributed by atoms with Gasteiger partial charge in [-0.15, -0.1) is 11.3 Å². The van der Waals surface area contributed by atoms with Crippen molar-refractivity contribution in [3.8, 4) is 33.6 Å². The molecule has 3 heterocycles. The number of carbonyl (C=O) groups excluding carboxylic acids is 1. The highest BCUT2D eigenvalue weighted by Gasteiger charge is 2.42. The second kappa shape index (κ2) is 8.50. The van der Waals surface area contributed by atoms with E-state index in [1.54, 1.807) is 17.7 Å². The van der Waals surface area contributed by atoms with E-state index in [4.69, 9.17) is 4.74 Å². The fraction of sp³-hybridized carbons (Fsp3) is 0.318. The van der Waals surface area contributed by atoms with Gasteiger partial charge in [0.25, 0.3) is 5.91 Å². The van der Waals surface area contributed by atoms with E-state index in [9.17, 15) is 23.2 Å². The molecule has 2 aromatic heterocycles. The van der Waals surface area contributed by atoms with Crippen LogP contribution >= 0.6 is 27.3 Å². The summed E-state index contributed by atoms with van der Waals surface area (Å²) in [6.07, 6.45) is -5.51. The molecule has 3 aromatic rings. The normalized spacial score (nSPS) is 14.6. The number of fused-ring (bicyclic) bond motifs is 3. The third-order valence-corrected chi connectivity index (χ3v) is 6.85. The smallest absolute Gasteiger partial charge is 0.392 e. The molecular formula is C22H18BrF3N4O2S. The van der Waals surface area contributed by atoms with Gasteiger partial charge in [-0.3, -0.25) is 4.79 Å². The summed E-state index contributed by atoms with van der Waals surface area (Å²) in [6.45, 7) is 1.45. The molecule has 1 atom stereocenters. The molecule has 0 unspecified atom stereocenters. The average molecular weight is 539 g/mol. The molecule has 172 valence electrons. The Labute approximate surface area is 200 Å². The number of nitrogens with one attached hydrogen (secondary N) is 1. The summed E-state index contributed by atoms with van der Waals surface area (Å²) < 4.78 is 46.8. The number of benzene rings is 1. The van der Waals surface area contributed by atoms with Crippen molar-refractivity contribution in [2.24, 2.45) is 0 Å². The maximum Gasteiger partial charge on any atom is 0.392 e. The lowest BCUT2D eigenvalue weighted by molar-refractivity contribution is -0.143. The van der Waals surface area contributed by atoms with Gasteiger partial charge in [0, 0.05) is 12.1 Å². The Hall–Kier alpha value is -2.84. The highest BCUT2D eigenvalue weighted by Crippen LogP contribution is 2.43. The minimum Gasteiger partial charge on any atom is -0.496 e. The number of aromatic nitrogens is 2. The van der Waals surface area contributed by atoms with Crippen molar-refractivity contribution in [1.29, 1.82) is 5.26 Å². The van der Waals surface area contributed by atoms with Crippen LogP contribution in [0.3, 0.4) is 0 Å². The first-order chi connectivity index (χ1) is 15.5. The molecule has 0 aliphatic carbocycles. The Morgan fingerprint density at radius 2 is 2.18 bits per heavy atom. The van der Waals surface area contributed by atoms with Gasteiger partial charge in [-0.25, -0.2) is 4.98 Å². The summed E-state index contributed by atoms with van der Waals surface area (Å²) in [5.74, 6) is -0.188. The number of alkyl halides is 3. The van der Waals surface area contributed by atoms with E-state index in [1.165, 1.54) is 11.3 Å². The molecule has 4 rings (SSSR count). The standard InChI is InChI=1S/C22H18BrF3N4O2S/c1-21(11-27,10-22(24,25)26)29-20(31)19-28-17(16-4-3-7-33-16)18-13-9-14(23)15(32-2)8-12(13)5-6-30(18)19/h3-4,7-9H,5-6,10H2,1-2H3,(H,29,31)/t21-/m0/s1. The van der Waals surface area contributed by atoms with Crippen LogP contribution in [-0.2, 0) is 13.0 Å². The van der Waals surface area contributed by atoms with Crippen LogP contribution in [0.2, 0.25) is 0 Å². The third-order valence-electron chi connectivity index (χ3n) is 5.35. The van der Waals surface area contributed by atoms with Crippen molar-refractivity contribution in [2.45, 2.75) is 38.0 Å². The first-order valence-corrected chi connectivity index (χ1v) is 11.5. The molecule has 6 nitrogen and oxygen atoms in total. The molecule has 11 heteroatoms. The van der Waals surface area contributed by atoms with Crippen LogP contribution in [-0.4, -0.2) is 34.3 Å². The molecule has 0 saturated heterocycles. The monoisotopic (exact) mass is 538 g/mol. The maximum absolute atomic E-state index is 13.1. The van der Waals surface area contributed by atoms with Crippen LogP contribution in [0.25, 0.3) is 21.8 Å². The number of amides is 1. The Morgan fingerprint density at radius 1 is 1.42 bits per heavy atom. The van der Waals surface area contributed by atoms with E-state index in [0.717, 1.165) is 27.4 Å². The van der Waals surface area contributed by atoms with Crippen molar-refractivity contribution in [3.05, 3.63) is 45.5 Å². The summed E-state index contributed by atoms with van der Waals surface area (Å²) in [5, 5.41) is 13.5. The van der Waals surface area contributed by atoms with E-state index in [2.05, 4.69) is 26.2 Å². The first-order valence-electron chi connectivity index (χ1n) is 9.87. The quantitative estimate of drug-likeness (QED) is 0.460. The van der Waals surface area contributed by atoms with Crippen molar-refractivity contribution in [3.63, 3.8) is 0 Å². The Bertz CT molecular complexity index is 1260. The van der Waals surface area contributed by atoms with E-state index in [0.29, 0.717) is 30.1 Å². The number of hydrogen-bond acceptors (Lipinski definition) is 5. The van der Waals surface area contributed by atoms with Crippen LogP contribution in [0.5, 0.6) is 5.75 Å². The highest BCUT2D eigenvalue weighted by atomic mass is 79.9. The number of aryl methyl sites for hydroxylation is 1. The lowest BCUT2D eigenvalue weighted by atomic mass is 9.96. The number of thiophene rings is 1. The Morgan fingerprint density at radius 3 is 2.79 bits per heavy atom. The van der Waals surface area contributed by atoms with Crippen molar-refractivity contribution >= 4 is 33.2 Å². The number of carbonyl (C=O) groups is 1. The molecule has 33 heavy (non-hydrogen) atoms. The summed E-state index contributed by atoms with van der Waals surface area (Å²) in [4.78, 5) is 18.5. The number of rotatable bonds is 5. The van der Waals surface area contributed by atoms with E-state index < -0.39 is 24.0 Å². The fourth-order valence-electron chi connectivity index (χ4n) is 3.93. The van der Waals surface area contributed by atoms with Gasteiger partial charge in [0.1, 0.15) is 17.0 Å². The summed E-state index contributed by atoms with van der Waals surface area (Å²) >= 11 is 4.94. The molecule has 1 amide bonds. The van der Waals surface area contributed by atoms with Gasteiger partial charge in [-0.2, -0.15) is 18.4 Å². The van der Waals surface area contributed by atoms with Crippen LogP contribution < -0.4 is 10.1 Å². The third kappa shape index (κ3) is 4.50. The fourth-order valence-corrected chi connectivity index (χ4v) is 5.15. The second-order valence-corrected chi connectivity index (χ2v) is 9.65. The van der Waals surface area contributed by atoms with Gasteiger partial charge < -0.3 is 14.6 Å². The average Bonchev–Trinajstić information content (AvgIpc) is 3.39. The zero-order chi connectivity index (χ0) is 24.0. The molecule has 0 saturated carbocycles. The number of imidazole rings is 1. The molecular weight excluding hydrogens is 521 g/mol. The predicted molar refractivity (Wildman–Crippen MR) is 121 cm³/mol. The second-order valence-electron chi connectivity index (χ2n) is 7.85. The minimum atomic E-state index is -4.61. The van der Waals surface area contributed by atoms with Gasteiger partial charge in [-0.05, 0) is 58.4 Å². The number of hydrogen-bond donors (Lipinski definition) is 1. The van der Waals surface area contributed by atoms with Crippen LogP contribution in [0.15, 0.2) is 34.1 Å². The van der Waals surface area contributed by atoms with Gasteiger partial charge in [0.2, 0.25) is 0 Å². The molecule has 0 spiro atoms. The van der Waals surface area contributed by atoms with Crippen LogP contribution in [0.4, 0.5) is 13.2 Å². The minimum absolute atomic E-state index is 0.0327.